The maximum Gasteiger partial charge on any atom is 0.276 e. The van der Waals surface area contributed by atoms with Gasteiger partial charge >= 0.3 is 0 Å². The zero-order chi connectivity index (χ0) is 19.9. The Bertz CT molecular complexity index is 873. The molecule has 1 aliphatic rings. The lowest BCUT2D eigenvalue weighted by Gasteiger charge is -2.34. The lowest BCUT2D eigenvalue weighted by molar-refractivity contribution is 0.127. The Morgan fingerprint density at radius 1 is 0.897 bits per heavy atom. The molecule has 1 saturated heterocycles. The van der Waals surface area contributed by atoms with E-state index in [1.165, 1.54) is 11.1 Å². The van der Waals surface area contributed by atoms with Crippen molar-refractivity contribution in [2.45, 2.75) is 25.1 Å². The van der Waals surface area contributed by atoms with Crippen LogP contribution in [0, 0.1) is 6.92 Å². The van der Waals surface area contributed by atoms with E-state index >= 15 is 0 Å². The molecule has 6 heteroatoms. The summed E-state index contributed by atoms with van der Waals surface area (Å²) in [4.78, 5) is 5.11. The number of piperazine rings is 1. The molecule has 3 aromatic rings. The van der Waals surface area contributed by atoms with Crippen molar-refractivity contribution in [2.75, 3.05) is 38.5 Å². The highest BCUT2D eigenvalue weighted by molar-refractivity contribution is 7.99. The third-order valence-electron chi connectivity index (χ3n) is 5.26. The van der Waals surface area contributed by atoms with Gasteiger partial charge in [-0.2, -0.15) is 0 Å². The second-order valence-electron chi connectivity index (χ2n) is 7.54. The van der Waals surface area contributed by atoms with E-state index in [2.05, 4.69) is 69.4 Å². The van der Waals surface area contributed by atoms with Crippen molar-refractivity contribution in [2.24, 2.45) is 0 Å². The van der Waals surface area contributed by atoms with Crippen LogP contribution in [0.4, 0.5) is 0 Å². The molecule has 0 radical (unpaired) electrons. The van der Waals surface area contributed by atoms with Crippen LogP contribution < -0.4 is 0 Å². The van der Waals surface area contributed by atoms with Crippen molar-refractivity contribution in [3.05, 3.63) is 65.7 Å². The first kappa shape index (κ1) is 20.1. The molecule has 1 aliphatic heterocycles. The van der Waals surface area contributed by atoms with Crippen molar-refractivity contribution in [3.8, 4) is 11.5 Å². The molecule has 0 unspecified atom stereocenters. The zero-order valence-corrected chi connectivity index (χ0v) is 17.8. The number of hydrogen-bond donors (Lipinski definition) is 0. The Hall–Kier alpha value is -2.15. The molecule has 0 N–H and O–H groups in total. The zero-order valence-electron chi connectivity index (χ0n) is 17.0. The third-order valence-corrected chi connectivity index (χ3v) is 6.17. The minimum atomic E-state index is 0.599. The van der Waals surface area contributed by atoms with E-state index in [1.807, 2.05) is 12.1 Å². The fourth-order valence-electron chi connectivity index (χ4n) is 3.54. The molecule has 0 atom stereocenters. The van der Waals surface area contributed by atoms with E-state index in [0.717, 1.165) is 57.0 Å². The van der Waals surface area contributed by atoms with Crippen molar-refractivity contribution in [1.82, 2.24) is 20.0 Å². The Labute approximate surface area is 177 Å². The van der Waals surface area contributed by atoms with Crippen LogP contribution in [0.15, 0.2) is 64.2 Å². The summed E-state index contributed by atoms with van der Waals surface area (Å²) in [5.74, 6) is 1.60. The SMILES string of the molecule is Cc1ccc(-c2nnc(SCCCN3CCN(Cc4ccccc4)CC3)o2)cc1. The number of thioether (sulfide) groups is 1. The summed E-state index contributed by atoms with van der Waals surface area (Å²) in [6, 6.07) is 18.9. The quantitative estimate of drug-likeness (QED) is 0.408. The summed E-state index contributed by atoms with van der Waals surface area (Å²) < 4.78 is 5.79. The molecule has 0 amide bonds. The van der Waals surface area contributed by atoms with Gasteiger partial charge in [0.15, 0.2) is 0 Å². The summed E-state index contributed by atoms with van der Waals surface area (Å²) >= 11 is 1.65. The number of aryl methyl sites for hydroxylation is 1. The largest absolute Gasteiger partial charge is 0.411 e. The highest BCUT2D eigenvalue weighted by atomic mass is 32.2. The number of rotatable bonds is 8. The third kappa shape index (κ3) is 5.92. The Balaban J connectivity index is 1.14. The molecule has 0 aliphatic carbocycles. The van der Waals surface area contributed by atoms with Gasteiger partial charge in [0.2, 0.25) is 5.89 Å². The molecule has 1 fully saturated rings. The van der Waals surface area contributed by atoms with E-state index in [9.17, 15) is 0 Å². The van der Waals surface area contributed by atoms with Gasteiger partial charge in [0.1, 0.15) is 0 Å². The van der Waals surface area contributed by atoms with E-state index in [0.29, 0.717) is 11.1 Å². The lowest BCUT2D eigenvalue weighted by Crippen LogP contribution is -2.46. The second kappa shape index (κ2) is 10.1. The van der Waals surface area contributed by atoms with Crippen LogP contribution in [-0.2, 0) is 6.54 Å². The first-order valence-corrected chi connectivity index (χ1v) is 11.3. The van der Waals surface area contributed by atoms with E-state index < -0.39 is 0 Å². The normalized spacial score (nSPS) is 15.6. The van der Waals surface area contributed by atoms with Crippen LogP contribution in [0.5, 0.6) is 0 Å². The monoisotopic (exact) mass is 408 g/mol. The van der Waals surface area contributed by atoms with Crippen LogP contribution in [0.3, 0.4) is 0 Å². The van der Waals surface area contributed by atoms with Gasteiger partial charge in [-0.1, -0.05) is 59.8 Å². The fraction of sp³-hybridized carbons (Fsp3) is 0.391. The smallest absolute Gasteiger partial charge is 0.276 e. The number of hydrogen-bond acceptors (Lipinski definition) is 6. The summed E-state index contributed by atoms with van der Waals surface area (Å²) in [5, 5.41) is 9.01. The van der Waals surface area contributed by atoms with Crippen molar-refractivity contribution >= 4 is 11.8 Å². The molecule has 2 aromatic carbocycles. The average Bonchev–Trinajstić information content (AvgIpc) is 3.23. The molecule has 29 heavy (non-hydrogen) atoms. The first-order valence-electron chi connectivity index (χ1n) is 10.3. The molecule has 5 nitrogen and oxygen atoms in total. The van der Waals surface area contributed by atoms with Crippen LogP contribution in [-0.4, -0.2) is 58.5 Å². The number of aromatic nitrogens is 2. The molecular formula is C23H28N4OS. The maximum absolute atomic E-state index is 5.79. The molecule has 0 saturated carbocycles. The Kier molecular flexibility index (Phi) is 6.98. The van der Waals surface area contributed by atoms with Gasteiger partial charge in [0.25, 0.3) is 5.22 Å². The molecule has 0 bridgehead atoms. The predicted octanol–water partition coefficient (Wildman–Crippen LogP) is 4.35. The number of nitrogens with zero attached hydrogens (tertiary/aromatic N) is 4. The molecule has 2 heterocycles. The van der Waals surface area contributed by atoms with Crippen LogP contribution in [0.25, 0.3) is 11.5 Å². The molecule has 152 valence electrons. The lowest BCUT2D eigenvalue weighted by atomic mass is 10.1. The predicted molar refractivity (Wildman–Crippen MR) is 118 cm³/mol. The van der Waals surface area contributed by atoms with Gasteiger partial charge in [0.05, 0.1) is 0 Å². The summed E-state index contributed by atoms with van der Waals surface area (Å²) in [6.07, 6.45) is 1.13. The highest BCUT2D eigenvalue weighted by Crippen LogP contribution is 2.24. The minimum Gasteiger partial charge on any atom is -0.411 e. The molecular weight excluding hydrogens is 380 g/mol. The van der Waals surface area contributed by atoms with Crippen LogP contribution in [0.1, 0.15) is 17.5 Å². The van der Waals surface area contributed by atoms with Crippen LogP contribution in [0.2, 0.25) is 0 Å². The summed E-state index contributed by atoms with van der Waals surface area (Å²) in [5.41, 5.74) is 3.61. The van der Waals surface area contributed by atoms with Gasteiger partial charge in [-0.3, -0.25) is 4.90 Å². The number of benzene rings is 2. The van der Waals surface area contributed by atoms with Gasteiger partial charge in [0, 0.05) is 44.0 Å². The molecule has 0 spiro atoms. The molecule has 4 rings (SSSR count). The van der Waals surface area contributed by atoms with E-state index in [1.54, 1.807) is 11.8 Å². The summed E-state index contributed by atoms with van der Waals surface area (Å²) in [6.45, 7) is 8.85. The van der Waals surface area contributed by atoms with Gasteiger partial charge in [-0.15, -0.1) is 10.2 Å². The average molecular weight is 409 g/mol. The van der Waals surface area contributed by atoms with Crippen molar-refractivity contribution in [3.63, 3.8) is 0 Å². The van der Waals surface area contributed by atoms with E-state index in [-0.39, 0.29) is 0 Å². The van der Waals surface area contributed by atoms with Crippen molar-refractivity contribution < 1.29 is 4.42 Å². The Morgan fingerprint density at radius 3 is 2.38 bits per heavy atom. The highest BCUT2D eigenvalue weighted by Gasteiger charge is 2.16. The van der Waals surface area contributed by atoms with Crippen LogP contribution >= 0.6 is 11.8 Å². The minimum absolute atomic E-state index is 0.599. The summed E-state index contributed by atoms with van der Waals surface area (Å²) in [7, 11) is 0. The fourth-order valence-corrected chi connectivity index (χ4v) is 4.23. The molecule has 1 aromatic heterocycles. The second-order valence-corrected chi connectivity index (χ2v) is 8.59. The van der Waals surface area contributed by atoms with Gasteiger partial charge in [-0.25, -0.2) is 0 Å². The standard InChI is InChI=1S/C23H28N4OS/c1-19-8-10-21(11-9-19)22-24-25-23(28-22)29-17-5-12-26-13-15-27(16-14-26)18-20-6-3-2-4-7-20/h2-4,6-11H,5,12-18H2,1H3. The van der Waals surface area contributed by atoms with E-state index in [4.69, 9.17) is 4.42 Å². The maximum atomic E-state index is 5.79. The van der Waals surface area contributed by atoms with Gasteiger partial charge < -0.3 is 9.32 Å². The topological polar surface area (TPSA) is 45.4 Å². The van der Waals surface area contributed by atoms with Gasteiger partial charge in [-0.05, 0) is 37.6 Å². The first-order chi connectivity index (χ1) is 14.3. The Morgan fingerprint density at radius 2 is 1.62 bits per heavy atom. The van der Waals surface area contributed by atoms with Crippen molar-refractivity contribution in [1.29, 1.82) is 0 Å².